The second-order valence-corrected chi connectivity index (χ2v) is 5.71. The molecule has 3 N–H and O–H groups in total. The number of aromatic hydroxyl groups is 1. The van der Waals surface area contributed by atoms with E-state index < -0.39 is 23.3 Å². The highest BCUT2D eigenvalue weighted by Crippen LogP contribution is 2.38. The summed E-state index contributed by atoms with van der Waals surface area (Å²) >= 11 is 5.92. The summed E-state index contributed by atoms with van der Waals surface area (Å²) in [6.07, 6.45) is 1.90. The minimum Gasteiger partial charge on any atom is -0.508 e. The highest BCUT2D eigenvalue weighted by atomic mass is 35.5. The number of carboxylic acids is 1. The SMILES string of the molecule is CC1(C(=O)O)CCCC1NC(=O)c1cc(O)ccc1Cl. The Morgan fingerprint density at radius 1 is 1.45 bits per heavy atom. The van der Waals surface area contributed by atoms with Gasteiger partial charge >= 0.3 is 5.97 Å². The number of phenols is 1. The van der Waals surface area contributed by atoms with Crippen molar-refractivity contribution in [2.75, 3.05) is 0 Å². The van der Waals surface area contributed by atoms with Crippen LogP contribution in [0.15, 0.2) is 18.2 Å². The van der Waals surface area contributed by atoms with Crippen molar-refractivity contribution in [1.82, 2.24) is 5.32 Å². The van der Waals surface area contributed by atoms with Crippen LogP contribution in [0.2, 0.25) is 5.02 Å². The van der Waals surface area contributed by atoms with Crippen molar-refractivity contribution in [3.63, 3.8) is 0 Å². The van der Waals surface area contributed by atoms with Gasteiger partial charge in [-0.2, -0.15) is 0 Å². The van der Waals surface area contributed by atoms with E-state index >= 15 is 0 Å². The zero-order valence-electron chi connectivity index (χ0n) is 11.0. The lowest BCUT2D eigenvalue weighted by Gasteiger charge is -2.27. The Balaban J connectivity index is 2.19. The number of hydrogen-bond acceptors (Lipinski definition) is 3. The van der Waals surface area contributed by atoms with Gasteiger partial charge in [-0.1, -0.05) is 18.0 Å². The van der Waals surface area contributed by atoms with Crippen LogP contribution in [0.4, 0.5) is 0 Å². The first kappa shape index (κ1) is 14.7. The van der Waals surface area contributed by atoms with Crippen LogP contribution in [0.25, 0.3) is 0 Å². The highest BCUT2D eigenvalue weighted by Gasteiger charge is 2.46. The molecule has 1 aromatic rings. The number of aliphatic carboxylic acids is 1. The first-order valence-corrected chi connectivity index (χ1v) is 6.75. The number of carboxylic acid groups (broad SMARTS) is 1. The molecule has 5 nitrogen and oxygen atoms in total. The van der Waals surface area contributed by atoms with E-state index in [1.807, 2.05) is 0 Å². The largest absolute Gasteiger partial charge is 0.508 e. The Hall–Kier alpha value is -1.75. The van der Waals surface area contributed by atoms with E-state index in [1.165, 1.54) is 18.2 Å². The van der Waals surface area contributed by atoms with Crippen LogP contribution in [-0.4, -0.2) is 28.1 Å². The summed E-state index contributed by atoms with van der Waals surface area (Å²) in [7, 11) is 0. The van der Waals surface area contributed by atoms with Crippen molar-refractivity contribution >= 4 is 23.5 Å². The third-order valence-electron chi connectivity index (χ3n) is 3.95. The summed E-state index contributed by atoms with van der Waals surface area (Å²) in [5.41, 5.74) is -0.815. The lowest BCUT2D eigenvalue weighted by Crippen LogP contribution is -2.47. The molecule has 1 amide bonds. The van der Waals surface area contributed by atoms with Gasteiger partial charge in [-0.05, 0) is 38.0 Å². The number of carbonyl (C=O) groups is 2. The fourth-order valence-corrected chi connectivity index (χ4v) is 2.78. The van der Waals surface area contributed by atoms with E-state index in [0.717, 1.165) is 6.42 Å². The van der Waals surface area contributed by atoms with E-state index in [9.17, 15) is 19.8 Å². The van der Waals surface area contributed by atoms with Gasteiger partial charge in [0.1, 0.15) is 5.75 Å². The van der Waals surface area contributed by atoms with Gasteiger partial charge in [0, 0.05) is 6.04 Å². The number of benzene rings is 1. The predicted molar refractivity (Wildman–Crippen MR) is 74.0 cm³/mol. The van der Waals surface area contributed by atoms with Crippen LogP contribution in [-0.2, 0) is 4.79 Å². The molecule has 2 atom stereocenters. The van der Waals surface area contributed by atoms with Gasteiger partial charge in [0.15, 0.2) is 0 Å². The Morgan fingerprint density at radius 3 is 2.80 bits per heavy atom. The summed E-state index contributed by atoms with van der Waals surface area (Å²) in [5, 5.41) is 21.7. The maximum atomic E-state index is 12.2. The summed E-state index contributed by atoms with van der Waals surface area (Å²) in [6.45, 7) is 1.64. The van der Waals surface area contributed by atoms with Crippen LogP contribution in [0.3, 0.4) is 0 Å². The molecule has 2 unspecified atom stereocenters. The smallest absolute Gasteiger partial charge is 0.311 e. The van der Waals surface area contributed by atoms with E-state index in [-0.39, 0.29) is 16.3 Å². The lowest BCUT2D eigenvalue weighted by molar-refractivity contribution is -0.148. The molecule has 2 rings (SSSR count). The standard InChI is InChI=1S/C14H16ClNO4/c1-14(13(19)20)6-2-3-11(14)16-12(18)9-7-8(17)4-5-10(9)15/h4-5,7,11,17H,2-3,6H2,1H3,(H,16,18)(H,19,20). The molecular formula is C14H16ClNO4. The Labute approximate surface area is 121 Å². The summed E-state index contributed by atoms with van der Waals surface area (Å²) in [4.78, 5) is 23.5. The molecule has 0 bridgehead atoms. The minimum atomic E-state index is -0.959. The molecule has 108 valence electrons. The molecule has 6 heteroatoms. The first-order valence-electron chi connectivity index (χ1n) is 6.37. The van der Waals surface area contributed by atoms with Crippen LogP contribution in [0.5, 0.6) is 5.75 Å². The molecule has 1 aliphatic carbocycles. The third kappa shape index (κ3) is 2.58. The van der Waals surface area contributed by atoms with E-state index in [0.29, 0.717) is 12.8 Å². The Bertz CT molecular complexity index is 560. The van der Waals surface area contributed by atoms with Crippen molar-refractivity contribution in [2.45, 2.75) is 32.2 Å². The number of phenolic OH excluding ortho intramolecular Hbond substituents is 1. The highest BCUT2D eigenvalue weighted by molar-refractivity contribution is 6.33. The van der Waals surface area contributed by atoms with Gasteiger partial charge in [0.2, 0.25) is 0 Å². The molecule has 0 saturated heterocycles. The van der Waals surface area contributed by atoms with Crippen molar-refractivity contribution in [3.05, 3.63) is 28.8 Å². The monoisotopic (exact) mass is 297 g/mol. The molecule has 1 aromatic carbocycles. The molecule has 1 aliphatic rings. The van der Waals surface area contributed by atoms with Gasteiger partial charge < -0.3 is 15.5 Å². The van der Waals surface area contributed by atoms with Gasteiger partial charge in [0.05, 0.1) is 16.0 Å². The summed E-state index contributed by atoms with van der Waals surface area (Å²) in [6, 6.07) is 3.64. The molecule has 0 radical (unpaired) electrons. The molecular weight excluding hydrogens is 282 g/mol. The second kappa shape index (κ2) is 5.32. The third-order valence-corrected chi connectivity index (χ3v) is 4.28. The average molecular weight is 298 g/mol. The van der Waals surface area contributed by atoms with Gasteiger partial charge in [-0.25, -0.2) is 0 Å². The molecule has 0 heterocycles. The number of carbonyl (C=O) groups excluding carboxylic acids is 1. The number of halogens is 1. The average Bonchev–Trinajstić information content (AvgIpc) is 2.75. The van der Waals surface area contributed by atoms with Crippen molar-refractivity contribution in [3.8, 4) is 5.75 Å². The number of nitrogens with one attached hydrogen (secondary N) is 1. The second-order valence-electron chi connectivity index (χ2n) is 5.31. The van der Waals surface area contributed by atoms with Gasteiger partial charge in [-0.15, -0.1) is 0 Å². The number of rotatable bonds is 3. The fraction of sp³-hybridized carbons (Fsp3) is 0.429. The van der Waals surface area contributed by atoms with Crippen LogP contribution in [0, 0.1) is 5.41 Å². The van der Waals surface area contributed by atoms with Crippen LogP contribution >= 0.6 is 11.6 Å². The van der Waals surface area contributed by atoms with Crippen molar-refractivity contribution < 1.29 is 19.8 Å². The Kier molecular flexibility index (Phi) is 3.90. The Morgan fingerprint density at radius 2 is 2.15 bits per heavy atom. The van der Waals surface area contributed by atoms with Crippen molar-refractivity contribution in [2.24, 2.45) is 5.41 Å². The lowest BCUT2D eigenvalue weighted by atomic mass is 9.85. The van der Waals surface area contributed by atoms with Gasteiger partial charge in [0.25, 0.3) is 5.91 Å². The molecule has 20 heavy (non-hydrogen) atoms. The maximum Gasteiger partial charge on any atom is 0.311 e. The minimum absolute atomic E-state index is 0.0630. The normalized spacial score (nSPS) is 25.4. The van der Waals surface area contributed by atoms with Crippen LogP contribution in [0.1, 0.15) is 36.5 Å². The molecule has 0 aromatic heterocycles. The van der Waals surface area contributed by atoms with E-state index in [4.69, 9.17) is 11.6 Å². The summed E-state index contributed by atoms with van der Waals surface area (Å²) in [5.74, 6) is -1.44. The molecule has 0 spiro atoms. The first-order chi connectivity index (χ1) is 9.34. The summed E-state index contributed by atoms with van der Waals surface area (Å²) < 4.78 is 0. The number of hydrogen-bond donors (Lipinski definition) is 3. The van der Waals surface area contributed by atoms with E-state index in [1.54, 1.807) is 6.92 Å². The van der Waals surface area contributed by atoms with Crippen molar-refractivity contribution in [1.29, 1.82) is 0 Å². The maximum absolute atomic E-state index is 12.2. The topological polar surface area (TPSA) is 86.6 Å². The fourth-order valence-electron chi connectivity index (χ4n) is 2.58. The number of amides is 1. The zero-order valence-corrected chi connectivity index (χ0v) is 11.8. The van der Waals surface area contributed by atoms with Gasteiger partial charge in [-0.3, -0.25) is 9.59 Å². The molecule has 1 saturated carbocycles. The quantitative estimate of drug-likeness (QED) is 0.799. The molecule has 1 fully saturated rings. The molecule has 0 aliphatic heterocycles. The predicted octanol–water partition coefficient (Wildman–Crippen LogP) is 2.42. The zero-order chi connectivity index (χ0) is 14.9. The van der Waals surface area contributed by atoms with E-state index in [2.05, 4.69) is 5.32 Å². The van der Waals surface area contributed by atoms with Crippen LogP contribution < -0.4 is 5.32 Å².